The Balaban J connectivity index is 1.92. The van der Waals surface area contributed by atoms with Crippen LogP contribution in [0.4, 0.5) is 10.5 Å². The number of carbonyl (C=O) groups is 1. The lowest BCUT2D eigenvalue weighted by atomic mass is 9.90. The van der Waals surface area contributed by atoms with Gasteiger partial charge in [-0.3, -0.25) is 5.32 Å². The number of nitrogens with one attached hydrogen (secondary N) is 2. The van der Waals surface area contributed by atoms with Crippen LogP contribution in [0.3, 0.4) is 0 Å². The topological polar surface area (TPSA) is 80.3 Å². The van der Waals surface area contributed by atoms with Crippen LogP contribution in [0.15, 0.2) is 29.3 Å². The zero-order valence-electron chi connectivity index (χ0n) is 19.0. The fraction of sp³-hybridized carbons (Fsp3) is 0.565. The number of rotatable bonds is 6. The largest absolute Gasteiger partial charge is 0.447 e. The number of benzene rings is 1. The van der Waals surface area contributed by atoms with E-state index in [0.717, 1.165) is 15.4 Å². The van der Waals surface area contributed by atoms with Crippen LogP contribution in [-0.2, 0) is 15.7 Å². The summed E-state index contributed by atoms with van der Waals surface area (Å²) in [7, 11) is -1.46. The Labute approximate surface area is 191 Å². The minimum atomic E-state index is -1.46. The first kappa shape index (κ1) is 23.9. The second kappa shape index (κ2) is 10.2. The van der Waals surface area contributed by atoms with E-state index in [1.54, 1.807) is 31.3 Å². The van der Waals surface area contributed by atoms with Gasteiger partial charge in [-0.15, -0.1) is 11.3 Å². The molecule has 0 radical (unpaired) electrons. The highest BCUT2D eigenvalue weighted by molar-refractivity contribution is 7.83. The summed E-state index contributed by atoms with van der Waals surface area (Å²) in [6, 6.07) is 5.47. The molecule has 1 heterocycles. The Morgan fingerprint density at radius 2 is 1.94 bits per heavy atom. The van der Waals surface area contributed by atoms with Crippen molar-refractivity contribution in [2.24, 2.45) is 0 Å². The molecule has 0 saturated heterocycles. The van der Waals surface area contributed by atoms with Crippen molar-refractivity contribution in [3.05, 3.63) is 29.4 Å². The molecule has 8 heteroatoms. The van der Waals surface area contributed by atoms with E-state index in [4.69, 9.17) is 9.72 Å². The summed E-state index contributed by atoms with van der Waals surface area (Å²) in [6.07, 6.45) is 7.36. The third-order valence-electron chi connectivity index (χ3n) is 4.91. The van der Waals surface area contributed by atoms with E-state index in [1.165, 1.54) is 32.1 Å². The molecular weight excluding hydrogens is 430 g/mol. The van der Waals surface area contributed by atoms with Gasteiger partial charge in [0, 0.05) is 28.9 Å². The van der Waals surface area contributed by atoms with Crippen molar-refractivity contribution in [3.63, 3.8) is 0 Å². The van der Waals surface area contributed by atoms with Gasteiger partial charge < -0.3 is 4.74 Å². The lowest BCUT2D eigenvalue weighted by Crippen LogP contribution is -2.37. The summed E-state index contributed by atoms with van der Waals surface area (Å²) >= 11 is 1.68. The van der Waals surface area contributed by atoms with E-state index in [2.05, 4.69) is 10.0 Å². The number of anilines is 1. The van der Waals surface area contributed by atoms with Gasteiger partial charge in [-0.25, -0.2) is 18.7 Å². The Morgan fingerprint density at radius 1 is 1.23 bits per heavy atom. The number of hydrogen-bond donors (Lipinski definition) is 2. The molecule has 6 nitrogen and oxygen atoms in total. The highest BCUT2D eigenvalue weighted by Gasteiger charge is 2.23. The molecule has 1 saturated carbocycles. The van der Waals surface area contributed by atoms with Crippen LogP contribution in [0.25, 0.3) is 10.4 Å². The number of thiazole rings is 1. The van der Waals surface area contributed by atoms with E-state index in [9.17, 15) is 9.00 Å². The Morgan fingerprint density at radius 3 is 2.58 bits per heavy atom. The van der Waals surface area contributed by atoms with E-state index in [0.29, 0.717) is 16.5 Å². The maximum absolute atomic E-state index is 13.2. The Kier molecular flexibility index (Phi) is 7.88. The third kappa shape index (κ3) is 6.85. The van der Waals surface area contributed by atoms with E-state index >= 15 is 0 Å². The maximum atomic E-state index is 13.2. The molecule has 1 aromatic carbocycles. The predicted octanol–water partition coefficient (Wildman–Crippen LogP) is 6.23. The van der Waals surface area contributed by atoms with Crippen LogP contribution in [0, 0.1) is 0 Å². The number of aromatic nitrogens is 1. The van der Waals surface area contributed by atoms with Crippen molar-refractivity contribution in [2.75, 3.05) is 5.32 Å². The first-order valence-electron chi connectivity index (χ1n) is 10.9. The lowest BCUT2D eigenvalue weighted by molar-refractivity contribution is 0.130. The zero-order valence-corrected chi connectivity index (χ0v) is 20.6. The van der Waals surface area contributed by atoms with Crippen molar-refractivity contribution in [1.29, 1.82) is 0 Å². The second-order valence-corrected chi connectivity index (χ2v) is 11.6. The summed E-state index contributed by atoms with van der Waals surface area (Å²) in [5.74, 6) is 0.529. The first-order chi connectivity index (χ1) is 14.6. The minimum absolute atomic E-state index is 0.217. The molecular formula is C23H33N3O3S2. The molecule has 1 aliphatic carbocycles. The summed E-state index contributed by atoms with van der Waals surface area (Å²) in [6.45, 7) is 9.51. The molecule has 1 amide bonds. The standard InChI is InChI=1S/C23H33N3O3S2/c1-15(2)29-22(27)25-17-11-12-18(20(13-17)31(28)26-23(3,4)5)19-14-24-21(30-19)16-9-7-6-8-10-16/h11-16,26H,6-10H2,1-5H3,(H,25,27). The van der Waals surface area contributed by atoms with Crippen LogP contribution in [-0.4, -0.2) is 26.9 Å². The summed E-state index contributed by atoms with van der Waals surface area (Å²) in [4.78, 5) is 18.4. The van der Waals surface area contributed by atoms with E-state index in [-0.39, 0.29) is 11.6 Å². The van der Waals surface area contributed by atoms with Crippen molar-refractivity contribution in [1.82, 2.24) is 9.71 Å². The van der Waals surface area contributed by atoms with Crippen LogP contribution < -0.4 is 10.0 Å². The lowest BCUT2D eigenvalue weighted by Gasteiger charge is -2.21. The fourth-order valence-corrected chi connectivity index (χ4v) is 6.07. The number of hydrogen-bond acceptors (Lipinski definition) is 5. The second-order valence-electron chi connectivity index (χ2n) is 9.31. The van der Waals surface area contributed by atoms with Crippen molar-refractivity contribution < 1.29 is 13.7 Å². The summed E-state index contributed by atoms with van der Waals surface area (Å²) in [5, 5.41) is 3.90. The summed E-state index contributed by atoms with van der Waals surface area (Å²) < 4.78 is 21.5. The molecule has 1 unspecified atom stereocenters. The van der Waals surface area contributed by atoms with Crippen LogP contribution in [0.5, 0.6) is 0 Å². The maximum Gasteiger partial charge on any atom is 0.411 e. The van der Waals surface area contributed by atoms with Gasteiger partial charge in [0.2, 0.25) is 0 Å². The molecule has 1 aromatic heterocycles. The predicted molar refractivity (Wildman–Crippen MR) is 128 cm³/mol. The average Bonchev–Trinajstić information content (AvgIpc) is 3.16. The molecule has 170 valence electrons. The first-order valence-corrected chi connectivity index (χ1v) is 12.9. The SMILES string of the molecule is CC(C)OC(=O)Nc1ccc(-c2cnc(C3CCCCC3)s2)c(S(=O)NC(C)(C)C)c1. The van der Waals surface area contributed by atoms with Gasteiger partial charge in [-0.2, -0.15) is 0 Å². The molecule has 2 N–H and O–H groups in total. The summed E-state index contributed by atoms with van der Waals surface area (Å²) in [5.41, 5.74) is 1.09. The van der Waals surface area contributed by atoms with Crippen LogP contribution in [0.2, 0.25) is 0 Å². The van der Waals surface area contributed by atoms with Gasteiger partial charge >= 0.3 is 6.09 Å². The average molecular weight is 464 g/mol. The van der Waals surface area contributed by atoms with Gasteiger partial charge in [0.05, 0.1) is 20.9 Å². The fourth-order valence-electron chi connectivity index (χ4n) is 3.60. The molecule has 1 aliphatic rings. The molecule has 2 aromatic rings. The Hall–Kier alpha value is -1.77. The number of amides is 1. The quantitative estimate of drug-likeness (QED) is 0.532. The van der Waals surface area contributed by atoms with Gasteiger partial charge in [-0.05, 0) is 59.6 Å². The number of ether oxygens (including phenoxy) is 1. The number of nitrogens with zero attached hydrogens (tertiary/aromatic N) is 1. The molecule has 31 heavy (non-hydrogen) atoms. The number of carbonyl (C=O) groups excluding carboxylic acids is 1. The molecule has 1 atom stereocenters. The van der Waals surface area contributed by atoms with Crippen molar-refractivity contribution >= 4 is 34.1 Å². The van der Waals surface area contributed by atoms with E-state index < -0.39 is 17.1 Å². The van der Waals surface area contributed by atoms with Crippen molar-refractivity contribution in [2.45, 2.75) is 89.2 Å². The van der Waals surface area contributed by atoms with Gasteiger partial charge in [0.15, 0.2) is 0 Å². The highest BCUT2D eigenvalue weighted by Crippen LogP contribution is 2.39. The molecule has 3 rings (SSSR count). The third-order valence-corrected chi connectivity index (χ3v) is 7.64. The monoisotopic (exact) mass is 463 g/mol. The minimum Gasteiger partial charge on any atom is -0.447 e. The molecule has 0 bridgehead atoms. The van der Waals surface area contributed by atoms with Crippen LogP contribution in [0.1, 0.15) is 77.6 Å². The molecule has 1 fully saturated rings. The smallest absolute Gasteiger partial charge is 0.411 e. The van der Waals surface area contributed by atoms with Crippen molar-refractivity contribution in [3.8, 4) is 10.4 Å². The normalized spacial score (nSPS) is 16.3. The molecule has 0 aliphatic heterocycles. The zero-order chi connectivity index (χ0) is 22.6. The van der Waals surface area contributed by atoms with Crippen LogP contribution >= 0.6 is 11.3 Å². The molecule has 0 spiro atoms. The highest BCUT2D eigenvalue weighted by atomic mass is 32.2. The van der Waals surface area contributed by atoms with Gasteiger partial charge in [-0.1, -0.05) is 25.3 Å². The Bertz CT molecular complexity index is 928. The van der Waals surface area contributed by atoms with Gasteiger partial charge in [0.25, 0.3) is 0 Å². The van der Waals surface area contributed by atoms with E-state index in [1.807, 2.05) is 39.1 Å². The van der Waals surface area contributed by atoms with Gasteiger partial charge in [0.1, 0.15) is 11.0 Å².